The molecule has 6 nitrogen and oxygen atoms in total. The molecular weight excluding hydrogens is 219 g/mol. The summed E-state index contributed by atoms with van der Waals surface area (Å²) in [5.74, 6) is -0.911. The first-order valence-corrected chi connectivity index (χ1v) is 7.15. The van der Waals surface area contributed by atoms with Gasteiger partial charge in [-0.25, -0.2) is 0 Å². The van der Waals surface area contributed by atoms with Crippen molar-refractivity contribution >= 4 is 13.3 Å². The Bertz CT molecular complexity index is 278. The molecule has 0 aromatic carbocycles. The second-order valence-corrected chi connectivity index (χ2v) is 6.35. The van der Waals surface area contributed by atoms with E-state index in [0.717, 1.165) is 6.42 Å². The van der Waals surface area contributed by atoms with Crippen LogP contribution in [-0.2, 0) is 9.36 Å². The Morgan fingerprint density at radius 1 is 1.67 bits per heavy atom. The summed E-state index contributed by atoms with van der Waals surface area (Å²) in [5.41, 5.74) is 0. The summed E-state index contributed by atoms with van der Waals surface area (Å²) in [6.45, 7) is 2.87. The van der Waals surface area contributed by atoms with E-state index in [0.29, 0.717) is 13.1 Å². The second kappa shape index (κ2) is 5.07. The number of carboxylic acids is 1. The highest BCUT2D eigenvalue weighted by Crippen LogP contribution is 2.35. The van der Waals surface area contributed by atoms with Gasteiger partial charge in [-0.05, 0) is 19.5 Å². The molecule has 1 fully saturated rings. The molecule has 0 aromatic rings. The van der Waals surface area contributed by atoms with Gasteiger partial charge in [-0.15, -0.1) is 0 Å². The zero-order chi connectivity index (χ0) is 11.5. The van der Waals surface area contributed by atoms with Crippen molar-refractivity contribution in [1.29, 1.82) is 0 Å². The minimum Gasteiger partial charge on any atom is -0.480 e. The maximum Gasteiger partial charge on any atom is 0.322 e. The summed E-state index contributed by atoms with van der Waals surface area (Å²) >= 11 is 0. The molecule has 0 bridgehead atoms. The predicted octanol–water partition coefficient (Wildman–Crippen LogP) is -0.407. The number of nitrogens with one attached hydrogen (secondary N) is 1. The van der Waals surface area contributed by atoms with Crippen molar-refractivity contribution in [2.45, 2.75) is 12.5 Å². The largest absolute Gasteiger partial charge is 0.480 e. The molecule has 1 aliphatic rings. The Balaban J connectivity index is 2.57. The van der Waals surface area contributed by atoms with Gasteiger partial charge in [0.05, 0.1) is 6.29 Å². The number of aliphatic carboxylic acids is 1. The van der Waals surface area contributed by atoms with Crippen LogP contribution in [-0.4, -0.2) is 59.5 Å². The van der Waals surface area contributed by atoms with Gasteiger partial charge < -0.3 is 15.3 Å². The molecule has 1 saturated heterocycles. The molecule has 7 heteroatoms. The van der Waals surface area contributed by atoms with Gasteiger partial charge in [0.1, 0.15) is 6.04 Å². The van der Waals surface area contributed by atoms with E-state index in [-0.39, 0.29) is 12.8 Å². The summed E-state index contributed by atoms with van der Waals surface area (Å²) in [5, 5.41) is 11.7. The first-order valence-electron chi connectivity index (χ1n) is 4.86. The third-order valence-electron chi connectivity index (χ3n) is 2.24. The average Bonchev–Trinajstić information content (AvgIpc) is 2.26. The highest BCUT2D eigenvalue weighted by atomic mass is 31.2. The smallest absolute Gasteiger partial charge is 0.322 e. The normalized spacial score (nSPS) is 28.0. The number of rotatable bonds is 3. The zero-order valence-corrected chi connectivity index (χ0v) is 9.61. The molecule has 0 radical (unpaired) electrons. The van der Waals surface area contributed by atoms with Crippen LogP contribution >= 0.6 is 7.37 Å². The maximum absolute atomic E-state index is 11.2. The molecule has 88 valence electrons. The first-order chi connectivity index (χ1) is 6.88. The van der Waals surface area contributed by atoms with Gasteiger partial charge >= 0.3 is 5.97 Å². The first kappa shape index (κ1) is 12.6. The molecule has 2 atom stereocenters. The van der Waals surface area contributed by atoms with Crippen molar-refractivity contribution in [3.05, 3.63) is 0 Å². The van der Waals surface area contributed by atoms with Crippen LogP contribution in [0.1, 0.15) is 6.42 Å². The molecule has 1 rings (SSSR count). The molecule has 0 amide bonds. The van der Waals surface area contributed by atoms with E-state index in [1.54, 1.807) is 4.90 Å². The quantitative estimate of drug-likeness (QED) is 0.577. The Morgan fingerprint density at radius 3 is 2.87 bits per heavy atom. The van der Waals surface area contributed by atoms with Crippen molar-refractivity contribution < 1.29 is 19.4 Å². The monoisotopic (exact) mass is 236 g/mol. The lowest BCUT2D eigenvalue weighted by Gasteiger charge is -2.23. The predicted molar refractivity (Wildman–Crippen MR) is 56.2 cm³/mol. The molecule has 1 aliphatic heterocycles. The van der Waals surface area contributed by atoms with Crippen LogP contribution in [0.3, 0.4) is 0 Å². The molecule has 0 spiro atoms. The van der Waals surface area contributed by atoms with Crippen molar-refractivity contribution in [2.75, 3.05) is 32.6 Å². The van der Waals surface area contributed by atoms with Gasteiger partial charge in [-0.1, -0.05) is 0 Å². The van der Waals surface area contributed by atoms with Gasteiger partial charge in [-0.3, -0.25) is 14.3 Å². The standard InChI is InChI=1S/C8H17N2O4P/c1-15(13,14)6-10-4-2-3-9-7(5-10)8(11)12/h7,9H,2-6H2,1H3,(H,11,12)(H,13,14). The number of hydrogen-bond donors (Lipinski definition) is 3. The molecule has 3 N–H and O–H groups in total. The van der Waals surface area contributed by atoms with Gasteiger partial charge in [-0.2, -0.15) is 0 Å². The highest BCUT2D eigenvalue weighted by Gasteiger charge is 2.25. The van der Waals surface area contributed by atoms with Crippen LogP contribution < -0.4 is 5.32 Å². The second-order valence-electron chi connectivity index (χ2n) is 3.97. The van der Waals surface area contributed by atoms with Crippen LogP contribution in [0.2, 0.25) is 0 Å². The van der Waals surface area contributed by atoms with E-state index in [4.69, 9.17) is 5.11 Å². The fourth-order valence-electron chi connectivity index (χ4n) is 1.66. The van der Waals surface area contributed by atoms with Crippen molar-refractivity contribution in [3.8, 4) is 0 Å². The Kier molecular flexibility index (Phi) is 4.28. The third-order valence-corrected chi connectivity index (χ3v) is 3.17. The average molecular weight is 236 g/mol. The van der Waals surface area contributed by atoms with Gasteiger partial charge in [0.15, 0.2) is 0 Å². The summed E-state index contributed by atoms with van der Waals surface area (Å²) in [6, 6.07) is -0.640. The number of carbonyl (C=O) groups is 1. The van der Waals surface area contributed by atoms with E-state index in [9.17, 15) is 14.3 Å². The van der Waals surface area contributed by atoms with Gasteiger partial charge in [0.25, 0.3) is 0 Å². The lowest BCUT2D eigenvalue weighted by Crippen LogP contribution is -2.43. The molecule has 15 heavy (non-hydrogen) atoms. The van der Waals surface area contributed by atoms with Crippen LogP contribution in [0, 0.1) is 0 Å². The van der Waals surface area contributed by atoms with Crippen LogP contribution in [0.15, 0.2) is 0 Å². The van der Waals surface area contributed by atoms with Crippen molar-refractivity contribution in [3.63, 3.8) is 0 Å². The minimum atomic E-state index is -3.11. The van der Waals surface area contributed by atoms with Crippen LogP contribution in [0.4, 0.5) is 0 Å². The minimum absolute atomic E-state index is 0.0679. The topological polar surface area (TPSA) is 89.9 Å². The van der Waals surface area contributed by atoms with Gasteiger partial charge in [0, 0.05) is 13.2 Å². The van der Waals surface area contributed by atoms with E-state index in [2.05, 4.69) is 5.32 Å². The summed E-state index contributed by atoms with van der Waals surface area (Å²) in [6.07, 6.45) is 0.863. The van der Waals surface area contributed by atoms with E-state index < -0.39 is 19.4 Å². The van der Waals surface area contributed by atoms with Crippen LogP contribution in [0.5, 0.6) is 0 Å². The Morgan fingerprint density at radius 2 is 2.33 bits per heavy atom. The lowest BCUT2D eigenvalue weighted by molar-refractivity contribution is -0.139. The van der Waals surface area contributed by atoms with Gasteiger partial charge in [0.2, 0.25) is 7.37 Å². The Hall–Kier alpha value is -0.420. The van der Waals surface area contributed by atoms with E-state index in [1.165, 1.54) is 6.66 Å². The van der Waals surface area contributed by atoms with E-state index in [1.807, 2.05) is 0 Å². The lowest BCUT2D eigenvalue weighted by atomic mass is 10.3. The van der Waals surface area contributed by atoms with Crippen LogP contribution in [0.25, 0.3) is 0 Å². The van der Waals surface area contributed by atoms with E-state index >= 15 is 0 Å². The highest BCUT2D eigenvalue weighted by molar-refractivity contribution is 7.57. The zero-order valence-electron chi connectivity index (χ0n) is 8.72. The Labute approximate surface area is 88.7 Å². The molecule has 0 aromatic heterocycles. The fourth-order valence-corrected chi connectivity index (χ4v) is 2.66. The summed E-state index contributed by atoms with van der Waals surface area (Å²) in [4.78, 5) is 21.8. The number of hydrogen-bond acceptors (Lipinski definition) is 4. The maximum atomic E-state index is 11.2. The van der Waals surface area contributed by atoms with Crippen molar-refractivity contribution in [2.24, 2.45) is 0 Å². The third kappa shape index (κ3) is 4.75. The summed E-state index contributed by atoms with van der Waals surface area (Å²) in [7, 11) is -3.11. The molecule has 2 unspecified atom stereocenters. The number of nitrogens with zero attached hydrogens (tertiary/aromatic N) is 1. The SMILES string of the molecule is CP(=O)(O)CN1CCCNC(C(=O)O)C1. The number of carboxylic acid groups (broad SMARTS) is 1. The molecule has 0 saturated carbocycles. The fraction of sp³-hybridized carbons (Fsp3) is 0.875. The molecular formula is C8H17N2O4P. The molecule has 1 heterocycles. The summed E-state index contributed by atoms with van der Waals surface area (Å²) < 4.78 is 11.2. The van der Waals surface area contributed by atoms with Crippen molar-refractivity contribution in [1.82, 2.24) is 10.2 Å². The molecule has 0 aliphatic carbocycles.